The van der Waals surface area contributed by atoms with Crippen LogP contribution in [0.4, 0.5) is 0 Å². The van der Waals surface area contributed by atoms with Gasteiger partial charge in [-0.2, -0.15) is 0 Å². The highest BCUT2D eigenvalue weighted by molar-refractivity contribution is 6.31. The van der Waals surface area contributed by atoms with Crippen LogP contribution in [0.25, 0.3) is 0 Å². The van der Waals surface area contributed by atoms with Gasteiger partial charge in [-0.05, 0) is 0 Å². The summed E-state index contributed by atoms with van der Waals surface area (Å²) in [4.78, 5) is 0. The van der Waals surface area contributed by atoms with E-state index in [9.17, 15) is 0 Å². The zero-order valence-corrected chi connectivity index (χ0v) is 15.2. The third kappa shape index (κ3) is 92.0. The number of nitrogens with zero attached hydrogens (tertiary/aromatic N) is 1. The molecular weight excluding hydrogens is 369 g/mol. The number of hydrogen-bond donors (Lipinski definition) is 12. The van der Waals surface area contributed by atoms with E-state index in [1.807, 2.05) is 0 Å². The van der Waals surface area contributed by atoms with Crippen molar-refractivity contribution >= 4 is 29.3 Å². The largest absolute Gasteiger partial charge is 0.631 e. The maximum Gasteiger partial charge on any atom is 0.631 e. The highest BCUT2D eigenvalue weighted by Crippen LogP contribution is 2.05. The Morgan fingerprint density at radius 1 is 0.556 bits per heavy atom. The zero-order valence-electron chi connectivity index (χ0n) is 15.2. The van der Waals surface area contributed by atoms with Gasteiger partial charge >= 0.3 is 29.3 Å². The summed E-state index contributed by atoms with van der Waals surface area (Å²) in [6.07, 6.45) is 0. The molecule has 0 amide bonds. The average Bonchev–Trinajstić information content (AvgIpc) is 2.34. The quantitative estimate of drug-likeness (QED) is 0.165. The Balaban J connectivity index is -0.000000139. The van der Waals surface area contributed by atoms with E-state index < -0.39 is 29.3 Å². The summed E-state index contributed by atoms with van der Waals surface area (Å²) in [5, 5.41) is 86.0. The van der Waals surface area contributed by atoms with Crippen LogP contribution in [-0.4, -0.2) is 115 Å². The molecular formula is C10H28B4NO12+. The van der Waals surface area contributed by atoms with Crippen molar-refractivity contribution in [2.24, 2.45) is 0 Å². The molecule has 0 aromatic heterocycles. The Labute approximate surface area is 158 Å². The Morgan fingerprint density at radius 2 is 0.778 bits per heavy atom. The third-order valence-corrected chi connectivity index (χ3v) is 1.50. The smallest absolute Gasteiger partial charge is 0.402 e. The summed E-state index contributed by atoms with van der Waals surface area (Å²) >= 11 is 0. The van der Waals surface area contributed by atoms with Gasteiger partial charge in [-0.3, -0.25) is 0 Å². The lowest BCUT2D eigenvalue weighted by molar-refractivity contribution is -0.884. The van der Waals surface area contributed by atoms with Gasteiger partial charge in [0.05, 0.1) is 21.1 Å². The molecule has 0 atom stereocenters. The average molecular weight is 398 g/mol. The highest BCUT2D eigenvalue weighted by Gasteiger charge is 2.06. The monoisotopic (exact) mass is 398 g/mol. The number of rotatable bonds is 2. The summed E-state index contributed by atoms with van der Waals surface area (Å²) in [5.74, 6) is 0. The van der Waals surface area contributed by atoms with Crippen molar-refractivity contribution < 1.29 is 64.8 Å². The molecule has 13 nitrogen and oxygen atoms in total. The van der Waals surface area contributed by atoms with E-state index in [2.05, 4.69) is 51.5 Å². The minimum absolute atomic E-state index is 0.990. The van der Waals surface area contributed by atoms with Crippen LogP contribution in [0.2, 0.25) is 0 Å². The second kappa shape index (κ2) is 21.3. The zero-order chi connectivity index (χ0) is 22.6. The first-order valence-electron chi connectivity index (χ1n) is 7.02. The molecule has 0 fully saturated rings. The first-order chi connectivity index (χ1) is 12.0. The Bertz CT molecular complexity index is 358. The molecule has 1 aromatic rings. The molecule has 0 bridgehead atoms. The molecule has 1 aromatic carbocycles. The van der Waals surface area contributed by atoms with Crippen LogP contribution in [0.3, 0.4) is 0 Å². The first kappa shape index (κ1) is 33.5. The van der Waals surface area contributed by atoms with Crippen molar-refractivity contribution in [3.05, 3.63) is 35.9 Å². The SMILES string of the molecule is C[N+](C)(C)Cc1ccccc1.OB(O)O.OB(O)O.OB(O)O.OB(O)O. The fourth-order valence-corrected chi connectivity index (χ4v) is 1.13. The Kier molecular flexibility index (Phi) is 26.4. The molecule has 0 aliphatic carbocycles. The van der Waals surface area contributed by atoms with E-state index in [1.54, 1.807) is 0 Å². The summed E-state index contributed by atoms with van der Waals surface area (Å²) in [5.41, 5.74) is 1.40. The molecule has 0 aliphatic heterocycles. The Morgan fingerprint density at radius 3 is 0.963 bits per heavy atom. The predicted molar refractivity (Wildman–Crippen MR) is 97.8 cm³/mol. The van der Waals surface area contributed by atoms with Crippen molar-refractivity contribution in [2.45, 2.75) is 6.54 Å². The van der Waals surface area contributed by atoms with Crippen LogP contribution in [0, 0.1) is 0 Å². The van der Waals surface area contributed by atoms with E-state index >= 15 is 0 Å². The lowest BCUT2D eigenvalue weighted by Crippen LogP contribution is -2.33. The molecule has 12 N–H and O–H groups in total. The van der Waals surface area contributed by atoms with Crippen molar-refractivity contribution in [3.8, 4) is 0 Å². The molecule has 27 heavy (non-hydrogen) atoms. The second-order valence-corrected chi connectivity index (χ2v) is 5.32. The van der Waals surface area contributed by atoms with Crippen molar-refractivity contribution in [2.75, 3.05) is 21.1 Å². The lowest BCUT2D eigenvalue weighted by Gasteiger charge is -2.23. The lowest BCUT2D eigenvalue weighted by atomic mass is 10.2. The van der Waals surface area contributed by atoms with E-state index in [0.717, 1.165) is 11.0 Å². The van der Waals surface area contributed by atoms with E-state index in [4.69, 9.17) is 60.3 Å². The van der Waals surface area contributed by atoms with Gasteiger partial charge in [0.2, 0.25) is 0 Å². The van der Waals surface area contributed by atoms with Gasteiger partial charge in [0.25, 0.3) is 0 Å². The van der Waals surface area contributed by atoms with Crippen LogP contribution < -0.4 is 0 Å². The fraction of sp³-hybridized carbons (Fsp3) is 0.400. The summed E-state index contributed by atoms with van der Waals surface area (Å²) in [6, 6.07) is 10.6. The third-order valence-electron chi connectivity index (χ3n) is 1.50. The van der Waals surface area contributed by atoms with Crippen LogP contribution in [0.15, 0.2) is 30.3 Å². The van der Waals surface area contributed by atoms with Crippen molar-refractivity contribution in [1.82, 2.24) is 0 Å². The normalized spacial score (nSPS) is 8.70. The van der Waals surface area contributed by atoms with Crippen molar-refractivity contribution in [1.29, 1.82) is 0 Å². The van der Waals surface area contributed by atoms with Crippen LogP contribution in [0.1, 0.15) is 5.56 Å². The topological polar surface area (TPSA) is 243 Å². The van der Waals surface area contributed by atoms with Gasteiger partial charge < -0.3 is 64.8 Å². The second-order valence-electron chi connectivity index (χ2n) is 5.32. The highest BCUT2D eigenvalue weighted by atomic mass is 16.5. The molecule has 156 valence electrons. The van der Waals surface area contributed by atoms with Gasteiger partial charge in [0.1, 0.15) is 6.54 Å². The number of hydrogen-bond acceptors (Lipinski definition) is 12. The molecule has 0 radical (unpaired) electrons. The molecule has 17 heteroatoms. The first-order valence-corrected chi connectivity index (χ1v) is 7.02. The van der Waals surface area contributed by atoms with E-state index in [0.29, 0.717) is 0 Å². The predicted octanol–water partition coefficient (Wildman–Crippen LogP) is -6.31. The standard InChI is InChI=1S/C10H16N.4BH3O3/c1-11(2,3)9-10-7-5-4-6-8-10;4*2-1(3)4/h4-8H,9H2,1-3H3;4*2-4H/q+1;;;;. The van der Waals surface area contributed by atoms with Crippen molar-refractivity contribution in [3.63, 3.8) is 0 Å². The van der Waals surface area contributed by atoms with Gasteiger partial charge in [0.15, 0.2) is 0 Å². The van der Waals surface area contributed by atoms with Gasteiger partial charge in [-0.1, -0.05) is 30.3 Å². The van der Waals surface area contributed by atoms with Gasteiger partial charge in [-0.25, -0.2) is 0 Å². The summed E-state index contributed by atoms with van der Waals surface area (Å²) in [7, 11) is -2.06. The minimum Gasteiger partial charge on any atom is -0.402 e. The minimum atomic E-state index is -2.17. The molecule has 0 saturated carbocycles. The van der Waals surface area contributed by atoms with Crippen LogP contribution in [0.5, 0.6) is 0 Å². The molecule has 0 aliphatic rings. The van der Waals surface area contributed by atoms with E-state index in [1.165, 1.54) is 5.56 Å². The molecule has 0 heterocycles. The summed E-state index contributed by atoms with van der Waals surface area (Å²) < 4.78 is 0.990. The van der Waals surface area contributed by atoms with Gasteiger partial charge in [-0.15, -0.1) is 0 Å². The van der Waals surface area contributed by atoms with Crippen LogP contribution in [-0.2, 0) is 6.54 Å². The summed E-state index contributed by atoms with van der Waals surface area (Å²) in [6.45, 7) is 1.10. The van der Waals surface area contributed by atoms with Crippen LogP contribution >= 0.6 is 0 Å². The maximum absolute atomic E-state index is 7.17. The van der Waals surface area contributed by atoms with E-state index in [-0.39, 0.29) is 0 Å². The molecule has 0 unspecified atom stereocenters. The maximum atomic E-state index is 7.17. The fourth-order valence-electron chi connectivity index (χ4n) is 1.13. The molecule has 0 saturated heterocycles. The molecule has 1 rings (SSSR count). The molecule has 0 spiro atoms. The number of quaternary nitrogens is 1. The van der Waals surface area contributed by atoms with Gasteiger partial charge in [0, 0.05) is 5.56 Å². The Hall–Kier alpha value is -1.04. The number of benzene rings is 1.